The van der Waals surface area contributed by atoms with Gasteiger partial charge in [-0.05, 0) is 54.4 Å². The number of piperidine rings is 1. The zero-order valence-electron chi connectivity index (χ0n) is 14.5. The second-order valence-electron chi connectivity index (χ2n) is 7.60. The average Bonchev–Trinajstić information content (AvgIpc) is 2.34. The van der Waals surface area contributed by atoms with E-state index in [9.17, 15) is 9.59 Å². The largest absolute Gasteiger partial charge is 0.443 e. The van der Waals surface area contributed by atoms with E-state index in [-0.39, 0.29) is 12.0 Å². The summed E-state index contributed by atoms with van der Waals surface area (Å²) in [6.07, 6.45) is 1.05. The minimum atomic E-state index is -0.518. The van der Waals surface area contributed by atoms with Gasteiger partial charge in [0.15, 0.2) is 0 Å². The van der Waals surface area contributed by atoms with E-state index in [0.29, 0.717) is 13.1 Å². The van der Waals surface area contributed by atoms with Gasteiger partial charge in [0, 0.05) is 19.1 Å². The predicted molar refractivity (Wildman–Crippen MR) is 82.6 cm³/mol. The lowest BCUT2D eigenvalue weighted by atomic mass is 9.98. The summed E-state index contributed by atoms with van der Waals surface area (Å²) in [5.41, 5.74) is 4.48. The molecule has 7 heteroatoms. The Balaban J connectivity index is 2.26. The van der Waals surface area contributed by atoms with Crippen LogP contribution in [-0.2, 0) is 14.4 Å². The maximum atomic E-state index is 11.8. The minimum Gasteiger partial charge on any atom is -0.443 e. The molecule has 2 N–H and O–H groups in total. The lowest BCUT2D eigenvalue weighted by Gasteiger charge is -2.32. The third-order valence-electron chi connectivity index (χ3n) is 3.06. The Kier molecular flexibility index (Phi) is 6.19. The maximum Gasteiger partial charge on any atom is 0.422 e. The Morgan fingerprint density at radius 1 is 1.05 bits per heavy atom. The number of hydroxylamine groups is 2. The second-order valence-corrected chi connectivity index (χ2v) is 7.60. The van der Waals surface area contributed by atoms with Gasteiger partial charge in [0.1, 0.15) is 5.60 Å². The molecule has 0 bridgehead atoms. The smallest absolute Gasteiger partial charge is 0.422 e. The van der Waals surface area contributed by atoms with Gasteiger partial charge in [0.25, 0.3) is 0 Å². The number of carbonyl (C=O) groups is 2. The van der Waals surface area contributed by atoms with Gasteiger partial charge in [0.05, 0.1) is 5.41 Å². The lowest BCUT2D eigenvalue weighted by Crippen LogP contribution is -2.51. The number of amides is 1. The summed E-state index contributed by atoms with van der Waals surface area (Å²) in [6, 6.07) is 0.136. The van der Waals surface area contributed by atoms with E-state index in [4.69, 9.17) is 9.57 Å². The van der Waals surface area contributed by atoms with Crippen molar-refractivity contribution in [3.05, 3.63) is 0 Å². The summed E-state index contributed by atoms with van der Waals surface area (Å²) < 4.78 is 5.15. The maximum absolute atomic E-state index is 11.8. The van der Waals surface area contributed by atoms with Crippen LogP contribution in [0, 0.1) is 5.41 Å². The van der Waals surface area contributed by atoms with Crippen LogP contribution in [0.2, 0.25) is 0 Å². The van der Waals surface area contributed by atoms with Crippen molar-refractivity contribution in [1.82, 2.24) is 15.9 Å². The van der Waals surface area contributed by atoms with Crippen LogP contribution in [0.4, 0.5) is 4.79 Å². The Bertz CT molecular complexity index is 391. The predicted octanol–water partition coefficient (Wildman–Crippen LogP) is 1.98. The molecule has 1 rings (SSSR count). The monoisotopic (exact) mass is 315 g/mol. The molecule has 0 unspecified atom stereocenters. The van der Waals surface area contributed by atoms with Crippen molar-refractivity contribution in [2.24, 2.45) is 5.41 Å². The van der Waals surface area contributed by atoms with E-state index in [1.807, 2.05) is 41.5 Å². The van der Waals surface area contributed by atoms with Gasteiger partial charge < -0.3 is 9.57 Å². The summed E-state index contributed by atoms with van der Waals surface area (Å²) in [7, 11) is 0. The first-order valence-corrected chi connectivity index (χ1v) is 7.69. The molecule has 0 radical (unpaired) electrons. The summed E-state index contributed by atoms with van der Waals surface area (Å²) in [5, 5.41) is 1.68. The van der Waals surface area contributed by atoms with Crippen molar-refractivity contribution < 1.29 is 19.2 Å². The zero-order valence-corrected chi connectivity index (χ0v) is 14.5. The summed E-state index contributed by atoms with van der Waals surface area (Å²) >= 11 is 0. The van der Waals surface area contributed by atoms with Crippen molar-refractivity contribution in [3.63, 3.8) is 0 Å². The van der Waals surface area contributed by atoms with E-state index in [2.05, 4.69) is 10.9 Å². The molecule has 7 nitrogen and oxygen atoms in total. The molecule has 1 saturated heterocycles. The highest BCUT2D eigenvalue weighted by atomic mass is 16.7. The molecule has 0 spiro atoms. The van der Waals surface area contributed by atoms with Crippen molar-refractivity contribution in [2.75, 3.05) is 13.1 Å². The van der Waals surface area contributed by atoms with Crippen molar-refractivity contribution in [1.29, 1.82) is 0 Å². The number of nitrogens with zero attached hydrogens (tertiary/aromatic N) is 1. The zero-order chi connectivity index (χ0) is 17.0. The molecule has 1 amide bonds. The highest BCUT2D eigenvalue weighted by Crippen LogP contribution is 2.18. The fourth-order valence-corrected chi connectivity index (χ4v) is 1.81. The fraction of sp³-hybridized carbons (Fsp3) is 0.867. The van der Waals surface area contributed by atoms with E-state index >= 15 is 0 Å². The van der Waals surface area contributed by atoms with Gasteiger partial charge in [-0.3, -0.25) is 5.43 Å². The van der Waals surface area contributed by atoms with Gasteiger partial charge >= 0.3 is 12.1 Å². The Hall–Kier alpha value is -1.34. The topological polar surface area (TPSA) is 79.9 Å². The van der Waals surface area contributed by atoms with Crippen LogP contribution in [-0.4, -0.2) is 41.9 Å². The molecule has 0 atom stereocenters. The molecular weight excluding hydrogens is 286 g/mol. The highest BCUT2D eigenvalue weighted by Gasteiger charge is 2.28. The summed E-state index contributed by atoms with van der Waals surface area (Å²) in [5.74, 6) is -0.231. The molecule has 0 aromatic rings. The van der Waals surface area contributed by atoms with E-state index in [1.165, 1.54) is 0 Å². The highest BCUT2D eigenvalue weighted by molar-refractivity contribution is 5.75. The number of hydrogen-bond donors (Lipinski definition) is 2. The molecule has 0 aromatic heterocycles. The van der Waals surface area contributed by atoms with E-state index in [1.54, 1.807) is 5.06 Å². The molecule has 1 heterocycles. The van der Waals surface area contributed by atoms with E-state index in [0.717, 1.165) is 12.8 Å². The molecule has 1 aliphatic heterocycles. The minimum absolute atomic E-state index is 0.136. The standard InChI is InChI=1S/C15H29N3O4/c1-14(2,3)12(19)22-18-9-7-11(8-10-18)16-17-13(20)21-15(4,5)6/h11,16H,7-10H2,1-6H3,(H,17,20). The van der Waals surface area contributed by atoms with Gasteiger partial charge in [-0.15, -0.1) is 5.06 Å². The Morgan fingerprint density at radius 2 is 1.59 bits per heavy atom. The second kappa shape index (κ2) is 7.28. The first-order valence-electron chi connectivity index (χ1n) is 7.69. The van der Waals surface area contributed by atoms with Crippen molar-refractivity contribution >= 4 is 12.1 Å². The number of rotatable bonds is 3. The number of carbonyl (C=O) groups excluding carboxylic acids is 2. The molecule has 0 aromatic carbocycles. The van der Waals surface area contributed by atoms with Gasteiger partial charge in [-0.2, -0.15) is 0 Å². The van der Waals surface area contributed by atoms with Crippen LogP contribution in [0.1, 0.15) is 54.4 Å². The molecule has 0 saturated carbocycles. The third-order valence-corrected chi connectivity index (χ3v) is 3.06. The number of hydrogen-bond acceptors (Lipinski definition) is 6. The average molecular weight is 315 g/mol. The molecule has 1 fully saturated rings. The molecule has 1 aliphatic rings. The molecular formula is C15H29N3O4. The van der Waals surface area contributed by atoms with Crippen LogP contribution in [0.5, 0.6) is 0 Å². The Morgan fingerprint density at radius 3 is 2.05 bits per heavy atom. The van der Waals surface area contributed by atoms with Crippen molar-refractivity contribution in [2.45, 2.75) is 66.0 Å². The van der Waals surface area contributed by atoms with Gasteiger partial charge in [-0.25, -0.2) is 15.0 Å². The Labute approximate surface area is 132 Å². The molecule has 0 aliphatic carbocycles. The SMILES string of the molecule is CC(C)(C)OC(=O)NNC1CCN(OC(=O)C(C)(C)C)CC1. The first kappa shape index (κ1) is 18.7. The lowest BCUT2D eigenvalue weighted by molar-refractivity contribution is -0.205. The van der Waals surface area contributed by atoms with Crippen LogP contribution >= 0.6 is 0 Å². The number of ether oxygens (including phenoxy) is 1. The molecule has 22 heavy (non-hydrogen) atoms. The van der Waals surface area contributed by atoms with E-state index < -0.39 is 17.1 Å². The number of nitrogens with one attached hydrogen (secondary N) is 2. The van der Waals surface area contributed by atoms with Crippen molar-refractivity contribution in [3.8, 4) is 0 Å². The van der Waals surface area contributed by atoms with Gasteiger partial charge in [0.2, 0.25) is 0 Å². The third kappa shape index (κ3) is 7.09. The van der Waals surface area contributed by atoms with Crippen LogP contribution < -0.4 is 10.9 Å². The summed E-state index contributed by atoms with van der Waals surface area (Å²) in [6.45, 7) is 12.2. The normalized spacial score (nSPS) is 17.9. The number of hydrazine groups is 1. The fourth-order valence-electron chi connectivity index (χ4n) is 1.81. The summed E-state index contributed by atoms with van der Waals surface area (Å²) in [4.78, 5) is 28.7. The van der Waals surface area contributed by atoms with Crippen LogP contribution in [0.15, 0.2) is 0 Å². The quantitative estimate of drug-likeness (QED) is 0.775. The van der Waals surface area contributed by atoms with Gasteiger partial charge in [-0.1, -0.05) is 0 Å². The van der Waals surface area contributed by atoms with Crippen LogP contribution in [0.25, 0.3) is 0 Å². The first-order chi connectivity index (χ1) is 9.97. The molecule has 128 valence electrons. The van der Waals surface area contributed by atoms with Crippen LogP contribution in [0.3, 0.4) is 0 Å².